The van der Waals surface area contributed by atoms with Crippen LogP contribution in [0.15, 0.2) is 23.1 Å². The molecule has 0 spiro atoms. The fourth-order valence-corrected chi connectivity index (χ4v) is 4.26. The van der Waals surface area contributed by atoms with Crippen LogP contribution in [0.1, 0.15) is 49.9 Å². The summed E-state index contributed by atoms with van der Waals surface area (Å²) in [6, 6.07) is 4.33. The van der Waals surface area contributed by atoms with Gasteiger partial charge in [-0.05, 0) is 44.9 Å². The second kappa shape index (κ2) is 7.98. The molecule has 0 amide bonds. The van der Waals surface area contributed by atoms with Crippen molar-refractivity contribution < 1.29 is 22.7 Å². The first-order chi connectivity index (χ1) is 11.4. The summed E-state index contributed by atoms with van der Waals surface area (Å²) in [5, 5.41) is 0. The molecule has 1 fully saturated rings. The van der Waals surface area contributed by atoms with E-state index in [2.05, 4.69) is 0 Å². The smallest absolute Gasteiger partial charge is 0.342 e. The molecule has 1 aromatic rings. The highest BCUT2D eigenvalue weighted by Crippen LogP contribution is 2.27. The molecule has 1 aliphatic rings. The normalized spacial score (nSPS) is 16.7. The quantitative estimate of drug-likeness (QED) is 0.760. The molecule has 0 aromatic heterocycles. The molecule has 0 unspecified atom stereocenters. The Morgan fingerprint density at radius 3 is 2.29 bits per heavy atom. The summed E-state index contributed by atoms with van der Waals surface area (Å²) < 4.78 is 37.6. The van der Waals surface area contributed by atoms with Crippen molar-refractivity contribution in [3.05, 3.63) is 23.8 Å². The van der Waals surface area contributed by atoms with Gasteiger partial charge in [-0.2, -0.15) is 4.31 Å². The number of nitrogens with zero attached hydrogens (tertiary/aromatic N) is 1. The van der Waals surface area contributed by atoms with Crippen LogP contribution in [-0.4, -0.2) is 45.0 Å². The lowest BCUT2D eigenvalue weighted by Crippen LogP contribution is -2.32. The highest BCUT2D eigenvalue weighted by Gasteiger charge is 2.27. The van der Waals surface area contributed by atoms with E-state index in [-0.39, 0.29) is 16.6 Å². The molecule has 1 aromatic carbocycles. The van der Waals surface area contributed by atoms with Crippen LogP contribution in [0.2, 0.25) is 0 Å². The van der Waals surface area contributed by atoms with Crippen molar-refractivity contribution in [1.29, 1.82) is 0 Å². The number of benzene rings is 1. The molecule has 1 aliphatic heterocycles. The minimum atomic E-state index is -3.62. The largest absolute Gasteiger partial charge is 0.496 e. The van der Waals surface area contributed by atoms with Gasteiger partial charge in [-0.1, -0.05) is 12.8 Å². The molecule has 0 saturated carbocycles. The minimum Gasteiger partial charge on any atom is -0.496 e. The summed E-state index contributed by atoms with van der Waals surface area (Å²) in [6.45, 7) is 4.50. The van der Waals surface area contributed by atoms with E-state index in [0.29, 0.717) is 18.8 Å². The van der Waals surface area contributed by atoms with Gasteiger partial charge in [-0.15, -0.1) is 0 Å². The van der Waals surface area contributed by atoms with Gasteiger partial charge in [-0.25, -0.2) is 13.2 Å². The summed E-state index contributed by atoms with van der Waals surface area (Å²) in [6.07, 6.45) is 3.50. The van der Waals surface area contributed by atoms with Crippen LogP contribution < -0.4 is 4.74 Å². The zero-order chi connectivity index (χ0) is 17.7. The maximum atomic E-state index is 12.9. The van der Waals surface area contributed by atoms with E-state index in [0.717, 1.165) is 25.7 Å². The lowest BCUT2D eigenvalue weighted by Gasteiger charge is -2.20. The third-order valence-corrected chi connectivity index (χ3v) is 5.83. The van der Waals surface area contributed by atoms with Crippen molar-refractivity contribution in [2.24, 2.45) is 0 Å². The number of ether oxygens (including phenoxy) is 2. The average Bonchev–Trinajstić information content (AvgIpc) is 2.83. The number of sulfonamides is 1. The Balaban J connectivity index is 2.37. The van der Waals surface area contributed by atoms with Crippen molar-refractivity contribution in [1.82, 2.24) is 4.31 Å². The first-order valence-electron chi connectivity index (χ1n) is 8.25. The van der Waals surface area contributed by atoms with Crippen LogP contribution in [0.5, 0.6) is 5.75 Å². The molecule has 6 nitrogen and oxygen atoms in total. The second-order valence-corrected chi connectivity index (χ2v) is 8.07. The molecular formula is C17H25NO5S. The van der Waals surface area contributed by atoms with Gasteiger partial charge in [0.05, 0.1) is 18.1 Å². The van der Waals surface area contributed by atoms with Crippen LogP contribution in [0.4, 0.5) is 0 Å². The van der Waals surface area contributed by atoms with Crippen LogP contribution in [-0.2, 0) is 14.8 Å². The molecule has 0 N–H and O–H groups in total. The van der Waals surface area contributed by atoms with Crippen LogP contribution in [0.3, 0.4) is 0 Å². The minimum absolute atomic E-state index is 0.0981. The molecule has 2 rings (SSSR count). The SMILES string of the molecule is COc1ccc(S(=O)(=O)N2CCCCCC2)cc1C(=O)OC(C)C. The predicted octanol–water partition coefficient (Wildman–Crippen LogP) is 2.83. The zero-order valence-corrected chi connectivity index (χ0v) is 15.3. The van der Waals surface area contributed by atoms with E-state index < -0.39 is 16.0 Å². The Hall–Kier alpha value is -1.60. The molecule has 1 saturated heterocycles. The van der Waals surface area contributed by atoms with E-state index in [4.69, 9.17) is 9.47 Å². The first-order valence-corrected chi connectivity index (χ1v) is 9.69. The molecule has 1 heterocycles. The molecule has 134 valence electrons. The molecule has 0 atom stereocenters. The molecule has 0 radical (unpaired) electrons. The third-order valence-electron chi connectivity index (χ3n) is 3.94. The van der Waals surface area contributed by atoms with Crippen molar-refractivity contribution in [3.63, 3.8) is 0 Å². The number of hydrogen-bond acceptors (Lipinski definition) is 5. The van der Waals surface area contributed by atoms with Gasteiger partial charge < -0.3 is 9.47 Å². The Kier molecular flexibility index (Phi) is 6.23. The summed E-state index contributed by atoms with van der Waals surface area (Å²) in [7, 11) is -2.19. The zero-order valence-electron chi connectivity index (χ0n) is 14.4. The fraction of sp³-hybridized carbons (Fsp3) is 0.588. The van der Waals surface area contributed by atoms with Gasteiger partial charge in [0.25, 0.3) is 0 Å². The van der Waals surface area contributed by atoms with E-state index in [9.17, 15) is 13.2 Å². The van der Waals surface area contributed by atoms with Gasteiger partial charge in [0.15, 0.2) is 0 Å². The predicted molar refractivity (Wildman–Crippen MR) is 90.8 cm³/mol. The number of esters is 1. The molecule has 7 heteroatoms. The van der Waals surface area contributed by atoms with Gasteiger partial charge in [0.2, 0.25) is 10.0 Å². The highest BCUT2D eigenvalue weighted by molar-refractivity contribution is 7.89. The van der Waals surface area contributed by atoms with E-state index >= 15 is 0 Å². The van der Waals surface area contributed by atoms with Crippen molar-refractivity contribution >= 4 is 16.0 Å². The standard InChI is InChI=1S/C17H25NO5S/c1-13(2)23-17(19)15-12-14(8-9-16(15)22-3)24(20,21)18-10-6-4-5-7-11-18/h8-9,12-13H,4-7,10-11H2,1-3H3. The van der Waals surface area contributed by atoms with Crippen LogP contribution >= 0.6 is 0 Å². The van der Waals surface area contributed by atoms with Crippen LogP contribution in [0.25, 0.3) is 0 Å². The maximum Gasteiger partial charge on any atom is 0.342 e. The van der Waals surface area contributed by atoms with Crippen LogP contribution in [0, 0.1) is 0 Å². The summed E-state index contributed by atoms with van der Waals surface area (Å²) in [5.74, 6) is -0.287. The first kappa shape index (κ1) is 18.7. The van der Waals surface area contributed by atoms with Gasteiger partial charge in [0, 0.05) is 13.1 Å². The summed E-state index contributed by atoms with van der Waals surface area (Å²) in [4.78, 5) is 12.3. The van der Waals surface area contributed by atoms with Crippen molar-refractivity contribution in [2.45, 2.75) is 50.5 Å². The third kappa shape index (κ3) is 4.27. The van der Waals surface area contributed by atoms with E-state index in [1.807, 2.05) is 0 Å². The lowest BCUT2D eigenvalue weighted by molar-refractivity contribution is 0.0374. The number of carbonyl (C=O) groups is 1. The topological polar surface area (TPSA) is 72.9 Å². The molecular weight excluding hydrogens is 330 g/mol. The van der Waals surface area contributed by atoms with Crippen molar-refractivity contribution in [3.8, 4) is 5.75 Å². The molecule has 0 aliphatic carbocycles. The van der Waals surface area contributed by atoms with Gasteiger partial charge >= 0.3 is 5.97 Å². The summed E-state index contributed by atoms with van der Waals surface area (Å²) in [5.41, 5.74) is 0.127. The number of methoxy groups -OCH3 is 1. The molecule has 0 bridgehead atoms. The Bertz CT molecular complexity index is 676. The number of carbonyl (C=O) groups excluding carboxylic acids is 1. The number of hydrogen-bond donors (Lipinski definition) is 0. The van der Waals surface area contributed by atoms with Crippen molar-refractivity contribution in [2.75, 3.05) is 20.2 Å². The maximum absolute atomic E-state index is 12.9. The fourth-order valence-electron chi connectivity index (χ4n) is 2.72. The van der Waals surface area contributed by atoms with Gasteiger partial charge in [0.1, 0.15) is 11.3 Å². The van der Waals surface area contributed by atoms with Gasteiger partial charge in [-0.3, -0.25) is 0 Å². The monoisotopic (exact) mass is 355 g/mol. The summed E-state index contributed by atoms with van der Waals surface area (Å²) >= 11 is 0. The van der Waals surface area contributed by atoms with E-state index in [1.165, 1.54) is 29.6 Å². The van der Waals surface area contributed by atoms with E-state index in [1.54, 1.807) is 13.8 Å². The molecule has 24 heavy (non-hydrogen) atoms. The highest BCUT2D eigenvalue weighted by atomic mass is 32.2. The Morgan fingerprint density at radius 2 is 1.75 bits per heavy atom. The number of rotatable bonds is 5. The Morgan fingerprint density at radius 1 is 1.12 bits per heavy atom. The average molecular weight is 355 g/mol. The Labute approximate surface area is 143 Å². The lowest BCUT2D eigenvalue weighted by atomic mass is 10.2. The second-order valence-electron chi connectivity index (χ2n) is 6.13.